The maximum absolute atomic E-state index is 6.00. The molecule has 1 aromatic heterocycles. The molecule has 2 aromatic rings. The Kier molecular flexibility index (Phi) is 4.38. The molecule has 0 aliphatic carbocycles. The molecular formula is C13H17N3OS. The van der Waals surface area contributed by atoms with E-state index in [1.807, 2.05) is 31.2 Å². The van der Waals surface area contributed by atoms with Gasteiger partial charge in [0.2, 0.25) is 11.7 Å². The largest absolute Gasteiger partial charge is 0.337 e. The summed E-state index contributed by atoms with van der Waals surface area (Å²) in [5.41, 5.74) is 8.12. The highest BCUT2D eigenvalue weighted by Crippen LogP contribution is 2.22. The van der Waals surface area contributed by atoms with Crippen molar-refractivity contribution in [1.82, 2.24) is 10.1 Å². The van der Waals surface area contributed by atoms with Gasteiger partial charge in [-0.2, -0.15) is 16.7 Å². The van der Waals surface area contributed by atoms with Gasteiger partial charge in [0.1, 0.15) is 0 Å². The Bertz CT molecular complexity index is 512. The third kappa shape index (κ3) is 2.91. The summed E-state index contributed by atoms with van der Waals surface area (Å²) in [6, 6.07) is 7.79. The number of rotatable bonds is 5. The van der Waals surface area contributed by atoms with Gasteiger partial charge in [0.05, 0.1) is 6.04 Å². The van der Waals surface area contributed by atoms with E-state index in [1.54, 1.807) is 11.8 Å². The highest BCUT2D eigenvalue weighted by Gasteiger charge is 2.15. The van der Waals surface area contributed by atoms with E-state index in [2.05, 4.69) is 16.4 Å². The second-order valence-electron chi connectivity index (χ2n) is 4.16. The Labute approximate surface area is 111 Å². The number of nitrogens with zero attached hydrogens (tertiary/aromatic N) is 2. The summed E-state index contributed by atoms with van der Waals surface area (Å²) in [4.78, 5) is 4.38. The molecule has 0 saturated heterocycles. The Morgan fingerprint density at radius 2 is 2.17 bits per heavy atom. The second-order valence-corrected chi connectivity index (χ2v) is 5.14. The Hall–Kier alpha value is -1.33. The molecule has 1 aromatic carbocycles. The first-order valence-electron chi connectivity index (χ1n) is 5.86. The van der Waals surface area contributed by atoms with Crippen molar-refractivity contribution in [2.75, 3.05) is 12.0 Å². The van der Waals surface area contributed by atoms with Crippen molar-refractivity contribution in [3.63, 3.8) is 0 Å². The number of aryl methyl sites for hydroxylation is 1. The van der Waals surface area contributed by atoms with Crippen LogP contribution in [0.2, 0.25) is 0 Å². The summed E-state index contributed by atoms with van der Waals surface area (Å²) in [5, 5.41) is 4.00. The van der Waals surface area contributed by atoms with E-state index in [4.69, 9.17) is 10.3 Å². The number of aromatic nitrogens is 2. The molecule has 5 heteroatoms. The van der Waals surface area contributed by atoms with Crippen LogP contribution >= 0.6 is 11.8 Å². The van der Waals surface area contributed by atoms with Gasteiger partial charge in [-0.15, -0.1) is 0 Å². The predicted molar refractivity (Wildman–Crippen MR) is 74.4 cm³/mol. The maximum Gasteiger partial charge on any atom is 0.243 e. The van der Waals surface area contributed by atoms with Crippen molar-refractivity contribution in [2.45, 2.75) is 19.4 Å². The molecule has 96 valence electrons. The van der Waals surface area contributed by atoms with Crippen molar-refractivity contribution in [3.05, 3.63) is 35.7 Å². The molecule has 4 nitrogen and oxygen atoms in total. The van der Waals surface area contributed by atoms with Gasteiger partial charge in [-0.05, 0) is 30.9 Å². The van der Waals surface area contributed by atoms with Crippen LogP contribution < -0.4 is 5.73 Å². The Morgan fingerprint density at radius 1 is 1.39 bits per heavy atom. The normalized spacial score (nSPS) is 12.6. The van der Waals surface area contributed by atoms with Crippen LogP contribution in [0.5, 0.6) is 0 Å². The fraction of sp³-hybridized carbons (Fsp3) is 0.385. The van der Waals surface area contributed by atoms with Crippen molar-refractivity contribution in [1.29, 1.82) is 0 Å². The van der Waals surface area contributed by atoms with Gasteiger partial charge in [-0.3, -0.25) is 0 Å². The van der Waals surface area contributed by atoms with Crippen LogP contribution in [0.25, 0.3) is 11.4 Å². The average molecular weight is 263 g/mol. The van der Waals surface area contributed by atoms with Crippen molar-refractivity contribution < 1.29 is 4.52 Å². The lowest BCUT2D eigenvalue weighted by molar-refractivity contribution is 0.353. The van der Waals surface area contributed by atoms with Crippen LogP contribution in [0.3, 0.4) is 0 Å². The highest BCUT2D eigenvalue weighted by molar-refractivity contribution is 7.98. The van der Waals surface area contributed by atoms with Gasteiger partial charge in [0, 0.05) is 5.56 Å². The zero-order valence-electron chi connectivity index (χ0n) is 10.6. The lowest BCUT2D eigenvalue weighted by Gasteiger charge is -2.03. The minimum Gasteiger partial charge on any atom is -0.337 e. The molecule has 0 spiro atoms. The van der Waals surface area contributed by atoms with E-state index in [1.165, 1.54) is 0 Å². The fourth-order valence-electron chi connectivity index (χ4n) is 1.69. The number of benzene rings is 1. The third-order valence-electron chi connectivity index (χ3n) is 2.78. The summed E-state index contributed by atoms with van der Waals surface area (Å²) in [5.74, 6) is 2.12. The average Bonchev–Trinajstić information content (AvgIpc) is 2.86. The van der Waals surface area contributed by atoms with Crippen molar-refractivity contribution in [3.8, 4) is 11.4 Å². The molecular weight excluding hydrogens is 246 g/mol. The lowest BCUT2D eigenvalue weighted by Crippen LogP contribution is -2.11. The molecule has 0 aliphatic heterocycles. The van der Waals surface area contributed by atoms with Gasteiger partial charge in [0.15, 0.2) is 0 Å². The standard InChI is InChI=1S/C13H17N3OS/c1-9-5-3-4-6-10(9)12-15-13(17-16-12)11(14)7-8-18-2/h3-6,11H,7-8,14H2,1-2H3/t11-/m0/s1. The summed E-state index contributed by atoms with van der Waals surface area (Å²) in [6.45, 7) is 2.03. The van der Waals surface area contributed by atoms with Crippen LogP contribution in [0, 0.1) is 6.92 Å². The van der Waals surface area contributed by atoms with Crippen molar-refractivity contribution in [2.24, 2.45) is 5.73 Å². The smallest absolute Gasteiger partial charge is 0.243 e. The highest BCUT2D eigenvalue weighted by atomic mass is 32.2. The van der Waals surface area contributed by atoms with E-state index in [-0.39, 0.29) is 6.04 Å². The zero-order valence-corrected chi connectivity index (χ0v) is 11.4. The van der Waals surface area contributed by atoms with Crippen LogP contribution in [0.1, 0.15) is 23.9 Å². The monoisotopic (exact) mass is 263 g/mol. The topological polar surface area (TPSA) is 64.9 Å². The lowest BCUT2D eigenvalue weighted by atomic mass is 10.1. The van der Waals surface area contributed by atoms with E-state index in [0.717, 1.165) is 23.3 Å². The van der Waals surface area contributed by atoms with Gasteiger partial charge < -0.3 is 10.3 Å². The van der Waals surface area contributed by atoms with Crippen LogP contribution in [-0.2, 0) is 0 Å². The van der Waals surface area contributed by atoms with E-state index < -0.39 is 0 Å². The van der Waals surface area contributed by atoms with E-state index >= 15 is 0 Å². The molecule has 0 bridgehead atoms. The molecule has 1 heterocycles. The summed E-state index contributed by atoms with van der Waals surface area (Å²) < 4.78 is 5.24. The number of hydrogen-bond donors (Lipinski definition) is 1. The first-order chi connectivity index (χ1) is 8.72. The second kappa shape index (κ2) is 6.02. The number of hydrogen-bond acceptors (Lipinski definition) is 5. The minimum atomic E-state index is -0.178. The maximum atomic E-state index is 6.00. The molecule has 0 radical (unpaired) electrons. The molecule has 0 amide bonds. The number of nitrogens with two attached hydrogens (primary N) is 1. The molecule has 0 aliphatic rings. The SMILES string of the molecule is CSCC[C@H](N)c1nc(-c2ccccc2C)no1. The minimum absolute atomic E-state index is 0.178. The fourth-order valence-corrected chi connectivity index (χ4v) is 2.18. The molecule has 0 unspecified atom stereocenters. The first kappa shape index (κ1) is 13.1. The first-order valence-corrected chi connectivity index (χ1v) is 7.26. The predicted octanol–water partition coefficient (Wildman–Crippen LogP) is 2.80. The summed E-state index contributed by atoms with van der Waals surface area (Å²) in [6.07, 6.45) is 2.90. The quantitative estimate of drug-likeness (QED) is 0.898. The zero-order chi connectivity index (χ0) is 13.0. The molecule has 1 atom stereocenters. The van der Waals surface area contributed by atoms with Crippen LogP contribution in [-0.4, -0.2) is 22.1 Å². The molecule has 18 heavy (non-hydrogen) atoms. The summed E-state index contributed by atoms with van der Waals surface area (Å²) in [7, 11) is 0. The van der Waals surface area contributed by atoms with Crippen molar-refractivity contribution >= 4 is 11.8 Å². The Morgan fingerprint density at radius 3 is 2.89 bits per heavy atom. The summed E-state index contributed by atoms with van der Waals surface area (Å²) >= 11 is 1.76. The molecule has 2 N–H and O–H groups in total. The number of thioether (sulfide) groups is 1. The molecule has 0 fully saturated rings. The van der Waals surface area contributed by atoms with Gasteiger partial charge in [0.25, 0.3) is 0 Å². The van der Waals surface area contributed by atoms with Gasteiger partial charge >= 0.3 is 0 Å². The van der Waals surface area contributed by atoms with E-state index in [9.17, 15) is 0 Å². The molecule has 0 saturated carbocycles. The molecule has 2 rings (SSSR count). The van der Waals surface area contributed by atoms with Crippen LogP contribution in [0.4, 0.5) is 0 Å². The van der Waals surface area contributed by atoms with Gasteiger partial charge in [-0.25, -0.2) is 0 Å². The van der Waals surface area contributed by atoms with Crippen LogP contribution in [0.15, 0.2) is 28.8 Å². The Balaban J connectivity index is 2.18. The van der Waals surface area contributed by atoms with Gasteiger partial charge in [-0.1, -0.05) is 29.4 Å². The third-order valence-corrected chi connectivity index (χ3v) is 3.42. The van der Waals surface area contributed by atoms with E-state index in [0.29, 0.717) is 11.7 Å².